The highest BCUT2D eigenvalue weighted by atomic mass is 32.2. The molecule has 2 aliphatic rings. The van der Waals surface area contributed by atoms with Crippen LogP contribution in [-0.4, -0.2) is 55.1 Å². The number of aliphatic imine (C=N–C) groups is 1. The molecular formula is C23H28FN3O4S. The number of benzene rings is 2. The second-order valence-electron chi connectivity index (χ2n) is 7.72. The van der Waals surface area contributed by atoms with Crippen molar-refractivity contribution in [3.8, 4) is 11.5 Å². The zero-order chi connectivity index (χ0) is 22.7. The van der Waals surface area contributed by atoms with Crippen LogP contribution in [-0.2, 0) is 14.5 Å². The van der Waals surface area contributed by atoms with Crippen molar-refractivity contribution in [2.75, 3.05) is 33.9 Å². The lowest BCUT2D eigenvalue weighted by Crippen LogP contribution is -2.41. The lowest BCUT2D eigenvalue weighted by molar-refractivity contribution is 0.0195. The molecule has 2 heterocycles. The molecule has 1 atom stereocenters. The summed E-state index contributed by atoms with van der Waals surface area (Å²) in [6.45, 7) is 4.23. The van der Waals surface area contributed by atoms with E-state index in [2.05, 4.69) is 11.3 Å². The Morgan fingerprint density at radius 1 is 1.12 bits per heavy atom. The van der Waals surface area contributed by atoms with Gasteiger partial charge in [-0.15, -0.1) is 0 Å². The minimum atomic E-state index is -3.19. The number of ether oxygens (including phenoxy) is 3. The molecule has 0 saturated carbocycles. The lowest BCUT2D eigenvalue weighted by atomic mass is 10.1. The molecule has 0 bridgehead atoms. The Bertz CT molecular complexity index is 1140. The van der Waals surface area contributed by atoms with Crippen LogP contribution >= 0.6 is 0 Å². The largest absolute Gasteiger partial charge is 0.493 e. The van der Waals surface area contributed by atoms with Crippen LogP contribution in [0.25, 0.3) is 0 Å². The van der Waals surface area contributed by atoms with E-state index in [0.29, 0.717) is 46.0 Å². The number of fused-ring (bicyclic) bond motifs is 1. The number of halogens is 1. The molecule has 9 heteroatoms. The van der Waals surface area contributed by atoms with Gasteiger partial charge < -0.3 is 19.1 Å². The van der Waals surface area contributed by atoms with Crippen LogP contribution in [0.1, 0.15) is 26.2 Å². The van der Waals surface area contributed by atoms with Crippen LogP contribution in [0, 0.1) is 5.82 Å². The van der Waals surface area contributed by atoms with Crippen LogP contribution in [0.3, 0.4) is 0 Å². The monoisotopic (exact) mass is 461 g/mol. The van der Waals surface area contributed by atoms with Crippen molar-refractivity contribution in [3.05, 3.63) is 42.2 Å². The number of nitrogens with zero attached hydrogens (tertiary/aromatic N) is 3. The van der Waals surface area contributed by atoms with E-state index in [1.165, 1.54) is 32.4 Å². The van der Waals surface area contributed by atoms with Gasteiger partial charge in [0.1, 0.15) is 15.5 Å². The predicted octanol–water partition coefficient (Wildman–Crippen LogP) is 4.62. The third kappa shape index (κ3) is 4.31. The van der Waals surface area contributed by atoms with E-state index < -0.39 is 15.5 Å². The van der Waals surface area contributed by atoms with Gasteiger partial charge >= 0.3 is 0 Å². The van der Waals surface area contributed by atoms with Crippen molar-refractivity contribution in [2.24, 2.45) is 9.36 Å². The van der Waals surface area contributed by atoms with E-state index in [4.69, 9.17) is 19.2 Å². The van der Waals surface area contributed by atoms with Crippen molar-refractivity contribution >= 4 is 21.4 Å². The molecule has 172 valence electrons. The van der Waals surface area contributed by atoms with Gasteiger partial charge in [0.2, 0.25) is 5.96 Å². The quantitative estimate of drug-likeness (QED) is 0.628. The van der Waals surface area contributed by atoms with E-state index >= 15 is 0 Å². The number of hydrogen-bond acceptors (Lipinski definition) is 7. The zero-order valence-electron chi connectivity index (χ0n) is 18.5. The highest BCUT2D eigenvalue weighted by molar-refractivity contribution is 7.94. The number of piperidine rings is 1. The molecule has 1 fully saturated rings. The Kier molecular flexibility index (Phi) is 6.66. The number of likely N-dealkylation sites (tertiary alicyclic amines) is 1. The molecule has 0 spiro atoms. The maximum Gasteiger partial charge on any atom is 0.234 e. The molecule has 4 rings (SSSR count). The van der Waals surface area contributed by atoms with Gasteiger partial charge in [-0.25, -0.2) is 13.6 Å². The first-order valence-electron chi connectivity index (χ1n) is 10.7. The number of hydrogen-bond donors (Lipinski definition) is 0. The first-order valence-corrected chi connectivity index (χ1v) is 12.2. The van der Waals surface area contributed by atoms with Crippen LogP contribution in [0.15, 0.2) is 55.5 Å². The lowest BCUT2D eigenvalue weighted by Gasteiger charge is -2.33. The molecule has 0 amide bonds. The molecule has 32 heavy (non-hydrogen) atoms. The maximum absolute atomic E-state index is 14.3. The SMILES string of the molecule is CCCOC1CCN(C2=Nc3cc(OC)c(OC)cc3S(=O)(c3cccc(F)c3)=N2)CC1. The van der Waals surface area contributed by atoms with Crippen molar-refractivity contribution in [1.29, 1.82) is 0 Å². The Balaban J connectivity index is 1.78. The van der Waals surface area contributed by atoms with Gasteiger partial charge in [-0.3, -0.25) is 0 Å². The molecule has 0 radical (unpaired) electrons. The summed E-state index contributed by atoms with van der Waals surface area (Å²) in [7, 11) is -0.146. The summed E-state index contributed by atoms with van der Waals surface area (Å²) in [5, 5.41) is 0. The van der Waals surface area contributed by atoms with Crippen molar-refractivity contribution in [1.82, 2.24) is 4.90 Å². The molecule has 0 aliphatic carbocycles. The molecule has 0 aromatic heterocycles. The van der Waals surface area contributed by atoms with E-state index in [-0.39, 0.29) is 6.10 Å². The second-order valence-corrected chi connectivity index (χ2v) is 9.86. The fourth-order valence-corrected chi connectivity index (χ4v) is 5.94. The predicted molar refractivity (Wildman–Crippen MR) is 121 cm³/mol. The van der Waals surface area contributed by atoms with Crippen molar-refractivity contribution < 1.29 is 22.8 Å². The minimum Gasteiger partial charge on any atom is -0.493 e. The molecule has 1 unspecified atom stereocenters. The summed E-state index contributed by atoms with van der Waals surface area (Å²) in [5.74, 6) is 0.801. The fraction of sp³-hybridized carbons (Fsp3) is 0.435. The summed E-state index contributed by atoms with van der Waals surface area (Å²) >= 11 is 0. The van der Waals surface area contributed by atoms with Gasteiger partial charge in [-0.05, 0) is 37.5 Å². The van der Waals surface area contributed by atoms with Crippen LogP contribution in [0.4, 0.5) is 10.1 Å². The van der Waals surface area contributed by atoms with Crippen LogP contribution in [0.2, 0.25) is 0 Å². The smallest absolute Gasteiger partial charge is 0.234 e. The summed E-state index contributed by atoms with van der Waals surface area (Å²) < 4.78 is 49.7. The number of guanidine groups is 1. The van der Waals surface area contributed by atoms with Gasteiger partial charge in [0.25, 0.3) is 0 Å². The molecule has 7 nitrogen and oxygen atoms in total. The highest BCUT2D eigenvalue weighted by Crippen LogP contribution is 2.42. The summed E-state index contributed by atoms with van der Waals surface area (Å²) in [5.41, 5.74) is 0.478. The standard InChI is InChI=1S/C23H28FN3O4S/c1-4-12-31-17-8-10-27(11-9-17)23-25-19-14-20(29-2)21(30-3)15-22(19)32(28,26-23)18-7-5-6-16(24)13-18/h5-7,13-15,17H,4,8-12H2,1-3H3. The molecular weight excluding hydrogens is 433 g/mol. The van der Waals surface area contributed by atoms with E-state index in [9.17, 15) is 8.60 Å². The van der Waals surface area contributed by atoms with E-state index in [1.807, 2.05) is 4.90 Å². The first-order chi connectivity index (χ1) is 15.5. The van der Waals surface area contributed by atoms with Gasteiger partial charge in [0.05, 0.1) is 35.8 Å². The molecule has 2 aromatic carbocycles. The molecule has 1 saturated heterocycles. The number of methoxy groups -OCH3 is 2. The van der Waals surface area contributed by atoms with E-state index in [1.54, 1.807) is 18.2 Å². The number of rotatable bonds is 6. The molecule has 2 aliphatic heterocycles. The maximum atomic E-state index is 14.3. The molecule has 2 aromatic rings. The minimum absolute atomic E-state index is 0.208. The summed E-state index contributed by atoms with van der Waals surface area (Å²) in [6.07, 6.45) is 2.88. The third-order valence-corrected chi connectivity index (χ3v) is 7.83. The van der Waals surface area contributed by atoms with Gasteiger partial charge in [-0.1, -0.05) is 13.0 Å². The Labute approximate surface area is 188 Å². The normalized spacial score (nSPS) is 20.9. The summed E-state index contributed by atoms with van der Waals surface area (Å²) in [6, 6.07) is 9.06. The Hall–Kier alpha value is -2.65. The third-order valence-electron chi connectivity index (χ3n) is 5.59. The Morgan fingerprint density at radius 2 is 1.84 bits per heavy atom. The van der Waals surface area contributed by atoms with Gasteiger partial charge in [-0.2, -0.15) is 4.36 Å². The average Bonchev–Trinajstić information content (AvgIpc) is 2.82. The highest BCUT2D eigenvalue weighted by Gasteiger charge is 2.31. The Morgan fingerprint density at radius 3 is 2.50 bits per heavy atom. The van der Waals surface area contributed by atoms with Gasteiger partial charge in [0, 0.05) is 31.8 Å². The van der Waals surface area contributed by atoms with Crippen molar-refractivity contribution in [2.45, 2.75) is 42.1 Å². The topological polar surface area (TPSA) is 72.7 Å². The van der Waals surface area contributed by atoms with Gasteiger partial charge in [0.15, 0.2) is 11.5 Å². The molecule has 0 N–H and O–H groups in total. The zero-order valence-corrected chi connectivity index (χ0v) is 19.4. The fourth-order valence-electron chi connectivity index (χ4n) is 3.91. The average molecular weight is 462 g/mol. The van der Waals surface area contributed by atoms with Crippen molar-refractivity contribution in [3.63, 3.8) is 0 Å². The first kappa shape index (κ1) is 22.5. The van der Waals surface area contributed by atoms with E-state index in [0.717, 1.165) is 25.9 Å². The summed E-state index contributed by atoms with van der Waals surface area (Å²) in [4.78, 5) is 7.40. The van der Waals surface area contributed by atoms with Crippen LogP contribution in [0.5, 0.6) is 11.5 Å². The van der Waals surface area contributed by atoms with Crippen LogP contribution < -0.4 is 9.47 Å². The second kappa shape index (κ2) is 9.46.